The van der Waals surface area contributed by atoms with Crippen molar-refractivity contribution in [1.82, 2.24) is 4.98 Å². The Kier molecular flexibility index (Phi) is 3.20. The Labute approximate surface area is 211 Å². The number of rotatable bonds is 1. The number of aromatic nitrogens is 1. The van der Waals surface area contributed by atoms with Crippen LogP contribution in [0, 0.1) is 12.3 Å². The fraction of sp³-hybridized carbons (Fsp3) is 0.182. The average Bonchev–Trinajstić information content (AvgIpc) is 3.27. The lowest BCUT2D eigenvalue weighted by Crippen LogP contribution is -2.11. The number of hydrogen-bond donors (Lipinski definition) is 0. The number of pyridine rings is 1. The Hall–Kier alpha value is -3.91. The highest BCUT2D eigenvalue weighted by atomic mass is 16.3. The topological polar surface area (TPSA) is 26.0 Å². The minimum absolute atomic E-state index is 0.0737. The molecule has 2 nitrogen and oxygen atoms in total. The lowest BCUT2D eigenvalue weighted by molar-refractivity contribution is 0.412. The van der Waals surface area contributed by atoms with E-state index in [1.165, 1.54) is 6.20 Å². The molecule has 0 radical (unpaired) electrons. The van der Waals surface area contributed by atoms with Gasteiger partial charge in [0.15, 0.2) is 0 Å². The second-order valence-corrected chi connectivity index (χ2v) is 10.4. The fourth-order valence-corrected chi connectivity index (χ4v) is 5.39. The molecular weight excluding hydrogens is 426 g/mol. The van der Waals surface area contributed by atoms with Crippen LogP contribution in [-0.4, -0.2) is 4.98 Å². The summed E-state index contributed by atoms with van der Waals surface area (Å²) in [6, 6.07) is 24.2. The van der Waals surface area contributed by atoms with Crippen molar-refractivity contribution in [3.63, 3.8) is 0 Å². The van der Waals surface area contributed by atoms with Crippen LogP contribution in [0.5, 0.6) is 0 Å². The summed E-state index contributed by atoms with van der Waals surface area (Å²) in [5.74, 6) is 0. The van der Waals surface area contributed by atoms with Crippen LogP contribution in [0.4, 0.5) is 0 Å². The standard InChI is InChI=1S/C33H27NO/c1-19-18-34-31-24-12-8-7-11-22(24)23-13-14-25-26-15-20-9-5-6-10-21(20)16-28(26)35-32(25)30(23)29(31)27(19)17-33(2,3)4/h5-16,18H,17H2,1-4H3/i1D3,17D2. The van der Waals surface area contributed by atoms with Gasteiger partial charge in [0, 0.05) is 40.0 Å². The van der Waals surface area contributed by atoms with Gasteiger partial charge in [-0.1, -0.05) is 75.4 Å². The number of hydrogen-bond acceptors (Lipinski definition) is 2. The Bertz CT molecular complexity index is 2170. The van der Waals surface area contributed by atoms with E-state index >= 15 is 0 Å². The predicted molar refractivity (Wildman–Crippen MR) is 149 cm³/mol. The molecule has 5 aromatic carbocycles. The molecule has 7 rings (SSSR count). The van der Waals surface area contributed by atoms with Crippen molar-refractivity contribution in [1.29, 1.82) is 0 Å². The first-order valence-electron chi connectivity index (χ1n) is 14.4. The Morgan fingerprint density at radius 2 is 1.51 bits per heavy atom. The average molecular weight is 459 g/mol. The predicted octanol–water partition coefficient (Wildman–Crippen LogP) is 9.49. The van der Waals surface area contributed by atoms with E-state index in [0.29, 0.717) is 21.9 Å². The van der Waals surface area contributed by atoms with Gasteiger partial charge in [0.2, 0.25) is 0 Å². The molecule has 0 saturated carbocycles. The third kappa shape index (κ3) is 2.99. The number of benzene rings is 5. The first-order chi connectivity index (χ1) is 18.9. The maximum atomic E-state index is 9.38. The minimum atomic E-state index is -2.56. The van der Waals surface area contributed by atoms with Gasteiger partial charge in [0.25, 0.3) is 0 Å². The van der Waals surface area contributed by atoms with E-state index in [1.54, 1.807) is 20.8 Å². The van der Waals surface area contributed by atoms with Crippen LogP contribution in [0.1, 0.15) is 38.8 Å². The second kappa shape index (κ2) is 7.05. The SMILES string of the molecule is [2H]C([2H])([2H])c1cnc2c3ccccc3c3ccc4c5cc6ccccc6cc5oc4c3c2c1C([2H])([2H])C(C)(C)C. The molecule has 0 saturated heterocycles. The maximum Gasteiger partial charge on any atom is 0.143 e. The van der Waals surface area contributed by atoms with Crippen LogP contribution in [0.15, 0.2) is 83.4 Å². The molecule has 0 atom stereocenters. The van der Waals surface area contributed by atoms with Crippen molar-refractivity contribution in [2.75, 3.05) is 0 Å². The summed E-state index contributed by atoms with van der Waals surface area (Å²) in [5, 5.41) is 7.85. The molecule has 7 aromatic rings. The zero-order valence-corrected chi connectivity index (χ0v) is 19.9. The van der Waals surface area contributed by atoms with Gasteiger partial charge in [-0.2, -0.15) is 0 Å². The molecule has 35 heavy (non-hydrogen) atoms. The van der Waals surface area contributed by atoms with Crippen molar-refractivity contribution >= 4 is 65.2 Å². The normalized spacial score (nSPS) is 15.6. The van der Waals surface area contributed by atoms with Crippen molar-refractivity contribution in [2.45, 2.75) is 34.0 Å². The number of aryl methyl sites for hydroxylation is 1. The van der Waals surface area contributed by atoms with Gasteiger partial charge in [0.05, 0.1) is 5.52 Å². The van der Waals surface area contributed by atoms with Gasteiger partial charge in [-0.05, 0) is 69.5 Å². The zero-order valence-electron chi connectivity index (χ0n) is 24.9. The summed E-state index contributed by atoms with van der Waals surface area (Å²) in [4.78, 5) is 4.72. The first kappa shape index (κ1) is 15.9. The van der Waals surface area contributed by atoms with Gasteiger partial charge in [-0.25, -0.2) is 0 Å². The fourth-order valence-electron chi connectivity index (χ4n) is 5.39. The highest BCUT2D eigenvalue weighted by molar-refractivity contribution is 6.32. The third-order valence-electron chi connectivity index (χ3n) is 6.81. The van der Waals surface area contributed by atoms with E-state index in [1.807, 2.05) is 54.6 Å². The smallest absolute Gasteiger partial charge is 0.143 e. The Morgan fingerprint density at radius 3 is 2.29 bits per heavy atom. The molecule has 0 unspecified atom stereocenters. The van der Waals surface area contributed by atoms with Crippen LogP contribution in [-0.2, 0) is 6.37 Å². The van der Waals surface area contributed by atoms with Gasteiger partial charge in [-0.3, -0.25) is 4.98 Å². The molecule has 2 heteroatoms. The molecule has 2 aromatic heterocycles. The van der Waals surface area contributed by atoms with Gasteiger partial charge in [0.1, 0.15) is 11.2 Å². The zero-order chi connectivity index (χ0) is 28.2. The maximum absolute atomic E-state index is 9.38. The number of fused-ring (bicyclic) bond motifs is 11. The molecule has 0 aliphatic rings. The molecule has 0 spiro atoms. The van der Waals surface area contributed by atoms with E-state index in [-0.39, 0.29) is 11.1 Å². The van der Waals surface area contributed by atoms with Gasteiger partial charge in [-0.15, -0.1) is 0 Å². The summed E-state index contributed by atoms with van der Waals surface area (Å²) < 4.78 is 50.5. The monoisotopic (exact) mass is 458 g/mol. The summed E-state index contributed by atoms with van der Waals surface area (Å²) in [7, 11) is 0. The van der Waals surface area contributed by atoms with Gasteiger partial charge >= 0.3 is 0 Å². The first-order valence-corrected chi connectivity index (χ1v) is 11.9. The largest absolute Gasteiger partial charge is 0.455 e. The lowest BCUT2D eigenvalue weighted by Gasteiger charge is -2.22. The van der Waals surface area contributed by atoms with Crippen molar-refractivity contribution < 1.29 is 11.3 Å². The molecule has 0 bridgehead atoms. The van der Waals surface area contributed by atoms with Crippen LogP contribution in [0.2, 0.25) is 0 Å². The third-order valence-corrected chi connectivity index (χ3v) is 6.81. The molecule has 0 aliphatic carbocycles. The molecule has 0 aliphatic heterocycles. The van der Waals surface area contributed by atoms with E-state index in [2.05, 4.69) is 18.2 Å². The van der Waals surface area contributed by atoms with Crippen molar-refractivity contribution in [2.24, 2.45) is 5.41 Å². The second-order valence-electron chi connectivity index (χ2n) is 10.4. The van der Waals surface area contributed by atoms with E-state index < -0.39 is 18.6 Å². The highest BCUT2D eigenvalue weighted by Crippen LogP contribution is 2.44. The molecular formula is C33H27NO. The van der Waals surface area contributed by atoms with Crippen molar-refractivity contribution in [3.05, 3.63) is 90.1 Å². The summed E-state index contributed by atoms with van der Waals surface area (Å²) >= 11 is 0. The van der Waals surface area contributed by atoms with Crippen LogP contribution in [0.3, 0.4) is 0 Å². The lowest BCUT2D eigenvalue weighted by atomic mass is 9.83. The van der Waals surface area contributed by atoms with E-state index in [9.17, 15) is 2.74 Å². The number of nitrogens with zero attached hydrogens (tertiary/aromatic N) is 1. The number of furan rings is 1. The molecule has 2 heterocycles. The molecule has 0 N–H and O–H groups in total. The van der Waals surface area contributed by atoms with Gasteiger partial charge < -0.3 is 4.42 Å². The van der Waals surface area contributed by atoms with E-state index in [4.69, 9.17) is 13.5 Å². The molecule has 0 fully saturated rings. The summed E-state index contributed by atoms with van der Waals surface area (Å²) in [6.45, 7) is 2.84. The van der Waals surface area contributed by atoms with Crippen molar-refractivity contribution in [3.8, 4) is 0 Å². The molecule has 0 amide bonds. The van der Waals surface area contributed by atoms with Crippen LogP contribution in [0.25, 0.3) is 65.2 Å². The summed E-state index contributed by atoms with van der Waals surface area (Å²) in [5.41, 5.74) is 1.07. The van der Waals surface area contributed by atoms with Crippen LogP contribution >= 0.6 is 0 Å². The summed E-state index contributed by atoms with van der Waals surface area (Å²) in [6.07, 6.45) is -0.659. The van der Waals surface area contributed by atoms with Crippen LogP contribution < -0.4 is 0 Å². The van der Waals surface area contributed by atoms with E-state index in [0.717, 1.165) is 43.3 Å². The quantitative estimate of drug-likeness (QED) is 0.229. The Balaban J connectivity index is 1.81. The Morgan fingerprint density at radius 1 is 0.800 bits per heavy atom. The highest BCUT2D eigenvalue weighted by Gasteiger charge is 2.22. The minimum Gasteiger partial charge on any atom is -0.455 e. The molecule has 170 valence electrons.